The van der Waals surface area contributed by atoms with E-state index in [1.54, 1.807) is 0 Å². The minimum absolute atomic E-state index is 0.190. The maximum absolute atomic E-state index is 6.23. The summed E-state index contributed by atoms with van der Waals surface area (Å²) >= 11 is 1.86. The van der Waals surface area contributed by atoms with Gasteiger partial charge in [0.15, 0.2) is 0 Å². The van der Waals surface area contributed by atoms with E-state index in [0.717, 1.165) is 64.5 Å². The van der Waals surface area contributed by atoms with E-state index in [9.17, 15) is 0 Å². The van der Waals surface area contributed by atoms with Gasteiger partial charge in [-0.15, -0.1) is 11.3 Å². The Kier molecular flexibility index (Phi) is 10.9. The molecule has 0 saturated heterocycles. The van der Waals surface area contributed by atoms with Crippen LogP contribution in [-0.2, 0) is 24.9 Å². The molecule has 2 aliphatic rings. The third-order valence-corrected chi connectivity index (χ3v) is 22.2. The smallest absolute Gasteiger partial charge is 0.109 e. The van der Waals surface area contributed by atoms with Crippen LogP contribution < -0.4 is 0 Å². The van der Waals surface area contributed by atoms with Crippen LogP contribution in [-0.4, -0.2) is 19.1 Å². The molecule has 0 atom stereocenters. The van der Waals surface area contributed by atoms with Gasteiger partial charge in [0.05, 0.1) is 31.8 Å². The number of nitrogens with zero attached hydrogens (tertiary/aromatic N) is 4. The molecule has 2 aliphatic carbocycles. The van der Waals surface area contributed by atoms with Crippen molar-refractivity contribution in [2.75, 3.05) is 0 Å². The average Bonchev–Trinajstić information content (AvgIpc) is 1.65. The predicted octanol–water partition coefficient (Wildman–Crippen LogP) is 23.1. The molecule has 4 nitrogen and oxygen atoms in total. The van der Waals surface area contributed by atoms with Crippen LogP contribution in [0.25, 0.3) is 175 Å². The third kappa shape index (κ3) is 7.15. The van der Waals surface area contributed by atoms with Gasteiger partial charge in [0, 0.05) is 90.5 Å². The molecule has 0 unspecified atom stereocenters. The lowest BCUT2D eigenvalue weighted by atomic mass is 9.82. The molecule has 13 aromatic carbocycles. The lowest BCUT2D eigenvalue weighted by Gasteiger charge is -2.21. The van der Waals surface area contributed by atoms with Gasteiger partial charge in [-0.25, -0.2) is 9.97 Å². The Morgan fingerprint density at radius 2 is 0.615 bits per heavy atom. The van der Waals surface area contributed by atoms with E-state index in [2.05, 4.69) is 306 Å². The van der Waals surface area contributed by atoms with Gasteiger partial charge in [0.25, 0.3) is 0 Å². The molecule has 0 fully saturated rings. The van der Waals surface area contributed by atoms with Crippen molar-refractivity contribution in [3.05, 3.63) is 277 Å². The number of fused-ring (bicyclic) bond motifs is 19. The van der Waals surface area contributed by atoms with Crippen molar-refractivity contribution in [2.45, 2.75) is 38.5 Å². The maximum Gasteiger partial charge on any atom is 0.109 e. The Hall–Kier alpha value is -10.7. The van der Waals surface area contributed by atoms with E-state index in [4.69, 9.17) is 9.97 Å². The van der Waals surface area contributed by atoms with Crippen LogP contribution in [0, 0.1) is 0 Å². The second kappa shape index (κ2) is 18.9. The summed E-state index contributed by atoms with van der Waals surface area (Å²) in [6.45, 7) is 9.52. The van der Waals surface area contributed by atoms with Crippen LogP contribution in [0.5, 0.6) is 0 Å². The number of hydrogen-bond acceptors (Lipinski definition) is 3. The molecule has 4 heterocycles. The monoisotopic (exact) mass is 1180 g/mol. The van der Waals surface area contributed by atoms with Crippen molar-refractivity contribution in [1.82, 2.24) is 19.1 Å². The molecule has 0 amide bonds. The number of rotatable bonds is 6. The number of aryl methyl sites for hydroxylation is 2. The summed E-state index contributed by atoms with van der Waals surface area (Å²) < 4.78 is 4.73. The molecule has 0 radical (unpaired) electrons. The van der Waals surface area contributed by atoms with Crippen molar-refractivity contribution >= 4 is 98.6 Å². The maximum atomic E-state index is 6.23. The molecular weight excluding hydrogens is 1120 g/mol. The second-order valence-electron chi connectivity index (χ2n) is 26.3. The first-order chi connectivity index (χ1) is 44.5. The topological polar surface area (TPSA) is 35.6 Å². The second-order valence-corrected chi connectivity index (χ2v) is 27.4. The van der Waals surface area contributed by atoms with E-state index < -0.39 is 0 Å². The summed E-state index contributed by atoms with van der Waals surface area (Å²) in [5, 5.41) is 9.45. The molecule has 0 bridgehead atoms. The van der Waals surface area contributed by atoms with Crippen molar-refractivity contribution in [2.24, 2.45) is 14.1 Å². The lowest BCUT2D eigenvalue weighted by Crippen LogP contribution is -2.14. The van der Waals surface area contributed by atoms with Crippen molar-refractivity contribution in [1.29, 1.82) is 0 Å². The predicted molar refractivity (Wildman–Crippen MR) is 386 cm³/mol. The summed E-state index contributed by atoms with van der Waals surface area (Å²) in [5.41, 5.74) is 30.4. The van der Waals surface area contributed by atoms with E-state index >= 15 is 0 Å². The van der Waals surface area contributed by atoms with Crippen molar-refractivity contribution in [3.63, 3.8) is 0 Å². The van der Waals surface area contributed by atoms with Gasteiger partial charge in [-0.1, -0.05) is 258 Å². The molecule has 0 N–H and O–H groups in total. The number of hydrogen-bond donors (Lipinski definition) is 0. The van der Waals surface area contributed by atoms with E-state index in [0.29, 0.717) is 0 Å². The fourth-order valence-corrected chi connectivity index (χ4v) is 18.0. The van der Waals surface area contributed by atoms with Crippen LogP contribution in [0.1, 0.15) is 49.9 Å². The lowest BCUT2D eigenvalue weighted by molar-refractivity contribution is 0.660. The molecule has 17 aromatic rings. The van der Waals surface area contributed by atoms with Crippen molar-refractivity contribution < 1.29 is 0 Å². The number of benzene rings is 13. The van der Waals surface area contributed by atoms with Gasteiger partial charge in [-0.2, -0.15) is 0 Å². The minimum atomic E-state index is -0.190. The van der Waals surface area contributed by atoms with E-state index in [-0.39, 0.29) is 10.8 Å². The fraction of sp³-hybridized carbons (Fsp3) is 0.0930. The first kappa shape index (κ1) is 52.2. The minimum Gasteiger partial charge on any atom is -0.343 e. The van der Waals surface area contributed by atoms with Gasteiger partial charge in [-0.05, 0) is 113 Å². The molecule has 430 valence electrons. The standard InChI is InChI=1S/C86H60N4S/c1-85(2)69-37-15-11-29-63(69)75-65(35-21-39-71(75)85)83-79-80(84(91-83)66-36-22-40-72-76(66)64-30-12-16-38-70(64)86(72,3)4)88-78-68-48-50(52-24-8-10-26-54(52)60-32-20-34-62-58-28-14-18-42-74(58)90(6)82(60)62)44-46-56(68)55-45-43-49(47-67(55)77(78)87-79)51-23-7-9-25-53(51)59-31-19-33-61-57-27-13-17-41-73(57)89(5)81(59)61/h7-48H,1-6H3. The van der Waals surface area contributed by atoms with Crippen molar-refractivity contribution in [3.8, 4) is 87.6 Å². The Morgan fingerprint density at radius 3 is 1.07 bits per heavy atom. The Morgan fingerprint density at radius 1 is 0.275 bits per heavy atom. The summed E-state index contributed by atoms with van der Waals surface area (Å²) in [4.78, 5) is 14.7. The zero-order valence-electron chi connectivity index (χ0n) is 51.4. The zero-order chi connectivity index (χ0) is 60.8. The summed E-state index contributed by atoms with van der Waals surface area (Å²) in [7, 11) is 4.41. The first-order valence-electron chi connectivity index (χ1n) is 31.8. The quantitative estimate of drug-likeness (QED) is 0.156. The fourth-order valence-electron chi connectivity index (χ4n) is 16.7. The molecule has 91 heavy (non-hydrogen) atoms. The zero-order valence-corrected chi connectivity index (χ0v) is 52.3. The highest BCUT2D eigenvalue weighted by Gasteiger charge is 2.40. The third-order valence-electron chi connectivity index (χ3n) is 21.0. The van der Waals surface area contributed by atoms with Crippen LogP contribution in [0.4, 0.5) is 0 Å². The van der Waals surface area contributed by atoms with Gasteiger partial charge in [0.2, 0.25) is 0 Å². The summed E-state index contributed by atoms with van der Waals surface area (Å²) in [6, 6.07) is 95.2. The summed E-state index contributed by atoms with van der Waals surface area (Å²) in [5.74, 6) is 0. The van der Waals surface area contributed by atoms with E-state index in [1.165, 1.54) is 133 Å². The molecule has 0 aliphatic heterocycles. The number of thiophene rings is 1. The van der Waals surface area contributed by atoms with Crippen LogP contribution >= 0.6 is 11.3 Å². The molecular formula is C86H60N4S. The molecule has 4 aromatic heterocycles. The highest BCUT2D eigenvalue weighted by Crippen LogP contribution is 2.58. The molecule has 0 spiro atoms. The molecule has 0 saturated carbocycles. The number of para-hydroxylation sites is 4. The van der Waals surface area contributed by atoms with Gasteiger partial charge in [-0.3, -0.25) is 0 Å². The first-order valence-corrected chi connectivity index (χ1v) is 32.6. The van der Waals surface area contributed by atoms with Gasteiger partial charge < -0.3 is 9.13 Å². The molecule has 5 heteroatoms. The van der Waals surface area contributed by atoms with Gasteiger partial charge >= 0.3 is 0 Å². The normalized spacial score (nSPS) is 13.8. The summed E-state index contributed by atoms with van der Waals surface area (Å²) in [6.07, 6.45) is 0. The largest absolute Gasteiger partial charge is 0.343 e. The number of aromatic nitrogens is 4. The van der Waals surface area contributed by atoms with E-state index in [1.807, 2.05) is 11.3 Å². The highest BCUT2D eigenvalue weighted by molar-refractivity contribution is 7.21. The Labute approximate surface area is 531 Å². The van der Waals surface area contributed by atoms with Gasteiger partial charge in [0.1, 0.15) is 11.0 Å². The Bertz CT molecular complexity index is 5690. The Balaban J connectivity index is 0.923. The highest BCUT2D eigenvalue weighted by atomic mass is 32.1. The van der Waals surface area contributed by atoms with Crippen LogP contribution in [0.3, 0.4) is 0 Å². The van der Waals surface area contributed by atoms with Crippen LogP contribution in [0.15, 0.2) is 255 Å². The molecule has 19 rings (SSSR count). The SMILES string of the molecule is Cn1c2ccccc2c2cccc(-c3ccccc3-c3ccc4c5ccc(-c6ccccc6-c6cccc7c8ccccc8n(C)c67)cc5c5nc6c(-c7cccc8c7-c7ccccc7C8(C)C)sc(-c7cccc8c7-c7ccccc7C8(C)C)c6nc5c4c3)c21. The average molecular weight is 1180 g/mol. The van der Waals surface area contributed by atoms with Crippen LogP contribution in [0.2, 0.25) is 0 Å².